The Labute approximate surface area is 162 Å². The quantitative estimate of drug-likeness (QED) is 0.628. The van der Waals surface area contributed by atoms with Crippen molar-refractivity contribution in [2.45, 2.75) is 46.1 Å². The van der Waals surface area contributed by atoms with Gasteiger partial charge in [0.15, 0.2) is 5.82 Å². The molecule has 0 bridgehead atoms. The molecule has 0 radical (unpaired) electrons. The van der Waals surface area contributed by atoms with Crippen LogP contribution in [0.15, 0.2) is 18.2 Å². The molecule has 0 aliphatic heterocycles. The maximum atomic E-state index is 13.6. The first-order chi connectivity index (χ1) is 13.2. The summed E-state index contributed by atoms with van der Waals surface area (Å²) in [5.74, 6) is 0.918. The van der Waals surface area contributed by atoms with E-state index in [2.05, 4.69) is 25.8 Å². The number of rotatable bonds is 6. The molecule has 0 saturated heterocycles. The molecule has 0 fully saturated rings. The lowest BCUT2D eigenvalue weighted by atomic mass is 10.2. The summed E-state index contributed by atoms with van der Waals surface area (Å²) >= 11 is 0. The lowest BCUT2D eigenvalue weighted by molar-refractivity contribution is 0.0527. The van der Waals surface area contributed by atoms with Gasteiger partial charge in [0.2, 0.25) is 5.65 Å². The van der Waals surface area contributed by atoms with Crippen LogP contribution in [-0.4, -0.2) is 44.4 Å². The number of aromatic nitrogens is 4. The standard InChI is InChI=1S/C19H25FN6O2/c1-12-24-25-17-16(23-14-11-13(20)7-8-15(14)26(12)17)21-9-5-6-10-22-18(27)28-19(2,3)4/h7-8,11H,5-6,9-10H2,1-4H3,(H,21,23)(H,22,27). The zero-order valence-electron chi connectivity index (χ0n) is 16.5. The van der Waals surface area contributed by atoms with Crippen LogP contribution in [-0.2, 0) is 4.74 Å². The van der Waals surface area contributed by atoms with Gasteiger partial charge in [-0.1, -0.05) is 0 Å². The van der Waals surface area contributed by atoms with E-state index in [4.69, 9.17) is 4.74 Å². The van der Waals surface area contributed by atoms with Gasteiger partial charge in [0.25, 0.3) is 0 Å². The summed E-state index contributed by atoms with van der Waals surface area (Å²) in [6.07, 6.45) is 1.16. The van der Waals surface area contributed by atoms with Crippen LogP contribution < -0.4 is 10.6 Å². The van der Waals surface area contributed by atoms with Gasteiger partial charge in [0.1, 0.15) is 17.2 Å². The SMILES string of the molecule is Cc1nnc2c(NCCCCNC(=O)OC(C)(C)C)nc3cc(F)ccc3n12. The van der Waals surface area contributed by atoms with Crippen molar-refractivity contribution in [3.05, 3.63) is 29.8 Å². The number of aryl methyl sites for hydroxylation is 1. The van der Waals surface area contributed by atoms with Gasteiger partial charge in [0.05, 0.1) is 11.0 Å². The number of benzene rings is 1. The second kappa shape index (κ2) is 7.95. The first-order valence-electron chi connectivity index (χ1n) is 9.26. The Kier molecular flexibility index (Phi) is 5.62. The third kappa shape index (κ3) is 4.65. The molecule has 28 heavy (non-hydrogen) atoms. The number of hydrogen-bond acceptors (Lipinski definition) is 6. The smallest absolute Gasteiger partial charge is 0.407 e. The van der Waals surface area contributed by atoms with Gasteiger partial charge in [-0.05, 0) is 52.7 Å². The van der Waals surface area contributed by atoms with Gasteiger partial charge in [-0.15, -0.1) is 10.2 Å². The van der Waals surface area contributed by atoms with Gasteiger partial charge in [0, 0.05) is 19.2 Å². The molecule has 0 unspecified atom stereocenters. The van der Waals surface area contributed by atoms with Gasteiger partial charge < -0.3 is 15.4 Å². The van der Waals surface area contributed by atoms with Crippen molar-refractivity contribution in [2.75, 3.05) is 18.4 Å². The highest BCUT2D eigenvalue weighted by Gasteiger charge is 2.15. The number of hydrogen-bond donors (Lipinski definition) is 2. The molecule has 2 aromatic heterocycles. The highest BCUT2D eigenvalue weighted by atomic mass is 19.1. The molecule has 3 rings (SSSR count). The van der Waals surface area contributed by atoms with Crippen molar-refractivity contribution >= 4 is 28.6 Å². The Bertz CT molecular complexity index is 995. The summed E-state index contributed by atoms with van der Waals surface area (Å²) in [7, 11) is 0. The highest BCUT2D eigenvalue weighted by molar-refractivity contribution is 5.83. The molecule has 0 atom stereocenters. The monoisotopic (exact) mass is 388 g/mol. The molecule has 0 aliphatic carbocycles. The Balaban J connectivity index is 1.59. The number of nitrogens with one attached hydrogen (secondary N) is 2. The van der Waals surface area contributed by atoms with Crippen molar-refractivity contribution in [1.82, 2.24) is 24.9 Å². The van der Waals surface area contributed by atoms with Crippen LogP contribution in [0, 0.1) is 12.7 Å². The number of alkyl carbamates (subject to hydrolysis) is 1. The van der Waals surface area contributed by atoms with Crippen molar-refractivity contribution in [1.29, 1.82) is 0 Å². The molecule has 8 nitrogen and oxygen atoms in total. The fraction of sp³-hybridized carbons (Fsp3) is 0.474. The predicted molar refractivity (Wildman–Crippen MR) is 105 cm³/mol. The van der Waals surface area contributed by atoms with Crippen LogP contribution in [0.3, 0.4) is 0 Å². The van der Waals surface area contributed by atoms with Crippen molar-refractivity contribution in [2.24, 2.45) is 0 Å². The summed E-state index contributed by atoms with van der Waals surface area (Å²) < 4.78 is 20.7. The van der Waals surface area contributed by atoms with E-state index in [1.54, 1.807) is 6.07 Å². The molecule has 2 N–H and O–H groups in total. The molecule has 150 valence electrons. The zero-order valence-corrected chi connectivity index (χ0v) is 16.5. The molecule has 1 amide bonds. The Morgan fingerprint density at radius 3 is 2.71 bits per heavy atom. The zero-order chi connectivity index (χ0) is 20.3. The molecule has 0 saturated carbocycles. The fourth-order valence-electron chi connectivity index (χ4n) is 2.83. The van der Waals surface area contributed by atoms with E-state index in [0.717, 1.165) is 18.4 Å². The molecule has 9 heteroatoms. The van der Waals surface area contributed by atoms with Crippen LogP contribution in [0.5, 0.6) is 0 Å². The molecule has 0 spiro atoms. The van der Waals surface area contributed by atoms with E-state index in [9.17, 15) is 9.18 Å². The van der Waals surface area contributed by atoms with Crippen LogP contribution in [0.4, 0.5) is 15.0 Å². The number of anilines is 1. The fourth-order valence-corrected chi connectivity index (χ4v) is 2.83. The van der Waals surface area contributed by atoms with Gasteiger partial charge >= 0.3 is 6.09 Å². The maximum absolute atomic E-state index is 13.6. The normalized spacial score (nSPS) is 11.8. The van der Waals surface area contributed by atoms with Gasteiger partial charge in [-0.25, -0.2) is 14.2 Å². The lowest BCUT2D eigenvalue weighted by Gasteiger charge is -2.19. The second-order valence-corrected chi connectivity index (χ2v) is 7.56. The molecule has 0 aliphatic rings. The third-order valence-electron chi connectivity index (χ3n) is 4.01. The summed E-state index contributed by atoms with van der Waals surface area (Å²) in [4.78, 5) is 16.1. The van der Waals surface area contributed by atoms with Crippen LogP contribution in [0.25, 0.3) is 16.7 Å². The van der Waals surface area contributed by atoms with E-state index in [0.29, 0.717) is 35.9 Å². The van der Waals surface area contributed by atoms with E-state index < -0.39 is 11.7 Å². The number of carbonyl (C=O) groups excluding carboxylic acids is 1. The van der Waals surface area contributed by atoms with Crippen molar-refractivity contribution < 1.29 is 13.9 Å². The van der Waals surface area contributed by atoms with Crippen molar-refractivity contribution in [3.63, 3.8) is 0 Å². The summed E-state index contributed by atoms with van der Waals surface area (Å²) in [6.45, 7) is 8.47. The van der Waals surface area contributed by atoms with Crippen LogP contribution >= 0.6 is 0 Å². The Morgan fingerprint density at radius 2 is 1.96 bits per heavy atom. The lowest BCUT2D eigenvalue weighted by Crippen LogP contribution is -2.33. The van der Waals surface area contributed by atoms with Gasteiger partial charge in [-0.2, -0.15) is 0 Å². The van der Waals surface area contributed by atoms with E-state index >= 15 is 0 Å². The number of ether oxygens (including phenoxy) is 1. The number of nitrogens with zero attached hydrogens (tertiary/aromatic N) is 4. The average molecular weight is 388 g/mol. The molecule has 3 aromatic rings. The summed E-state index contributed by atoms with van der Waals surface area (Å²) in [5.41, 5.74) is 1.38. The second-order valence-electron chi connectivity index (χ2n) is 7.56. The molecule has 2 heterocycles. The third-order valence-corrected chi connectivity index (χ3v) is 4.01. The number of carbonyl (C=O) groups is 1. The van der Waals surface area contributed by atoms with E-state index in [1.807, 2.05) is 32.1 Å². The van der Waals surface area contributed by atoms with Gasteiger partial charge in [-0.3, -0.25) is 4.40 Å². The van der Waals surface area contributed by atoms with Crippen LogP contribution in [0.1, 0.15) is 39.4 Å². The van der Waals surface area contributed by atoms with Crippen molar-refractivity contribution in [3.8, 4) is 0 Å². The molecular weight excluding hydrogens is 363 g/mol. The van der Waals surface area contributed by atoms with E-state index in [-0.39, 0.29) is 5.82 Å². The topological polar surface area (TPSA) is 93.4 Å². The predicted octanol–water partition coefficient (Wildman–Crippen LogP) is 3.44. The minimum atomic E-state index is -0.505. The average Bonchev–Trinajstić information content (AvgIpc) is 2.98. The Morgan fingerprint density at radius 1 is 1.21 bits per heavy atom. The first kappa shape index (κ1) is 19.8. The molecule has 1 aromatic carbocycles. The highest BCUT2D eigenvalue weighted by Crippen LogP contribution is 2.22. The number of fused-ring (bicyclic) bond motifs is 3. The Hall–Kier alpha value is -2.97. The number of amides is 1. The summed E-state index contributed by atoms with van der Waals surface area (Å²) in [5, 5.41) is 14.3. The minimum absolute atomic E-state index is 0.343. The van der Waals surface area contributed by atoms with E-state index in [1.165, 1.54) is 12.1 Å². The van der Waals surface area contributed by atoms with Crippen LogP contribution in [0.2, 0.25) is 0 Å². The molecular formula is C19H25FN6O2. The largest absolute Gasteiger partial charge is 0.444 e. The minimum Gasteiger partial charge on any atom is -0.444 e. The maximum Gasteiger partial charge on any atom is 0.407 e. The number of unbranched alkanes of at least 4 members (excludes halogenated alkanes) is 1. The first-order valence-corrected chi connectivity index (χ1v) is 9.26. The number of halogens is 1. The summed E-state index contributed by atoms with van der Waals surface area (Å²) in [6, 6.07) is 4.46.